The molecule has 0 saturated carbocycles. The van der Waals surface area contributed by atoms with Crippen LogP contribution < -0.4 is 31.9 Å². The number of morpholine rings is 2. The Morgan fingerprint density at radius 1 is 0.701 bits per heavy atom. The molecular weight excluding hydrogens is 869 g/mol. The predicted octanol–water partition coefficient (Wildman–Crippen LogP) is 1.09. The molecule has 4 aromatic carbocycles. The van der Waals surface area contributed by atoms with Crippen LogP contribution >= 0.6 is 0 Å². The molecule has 4 amide bonds. The number of esters is 2. The smallest absolute Gasteiger partial charge is 0.310 e. The number of nitrogens with one attached hydrogen (secondary N) is 2. The van der Waals surface area contributed by atoms with E-state index in [0.29, 0.717) is 58.6 Å². The third-order valence-corrected chi connectivity index (χ3v) is 11.2. The highest BCUT2D eigenvalue weighted by molar-refractivity contribution is 6.06. The topological polar surface area (TPSA) is 287 Å². The van der Waals surface area contributed by atoms with Gasteiger partial charge in [0.1, 0.15) is 11.7 Å². The minimum atomic E-state index is -1.72. The van der Waals surface area contributed by atoms with Gasteiger partial charge in [-0.2, -0.15) is 0 Å². The van der Waals surface area contributed by atoms with Crippen LogP contribution in [0.3, 0.4) is 0 Å². The first-order chi connectivity index (χ1) is 32.2. The Kier molecular flexibility index (Phi) is 15.0. The lowest BCUT2D eigenvalue weighted by Gasteiger charge is -2.34. The van der Waals surface area contributed by atoms with Crippen molar-refractivity contribution < 1.29 is 57.9 Å². The van der Waals surface area contributed by atoms with Gasteiger partial charge < -0.3 is 61.1 Å². The van der Waals surface area contributed by atoms with Gasteiger partial charge in [0.15, 0.2) is 24.4 Å². The highest BCUT2D eigenvalue weighted by Gasteiger charge is 2.41. The van der Waals surface area contributed by atoms with Gasteiger partial charge in [-0.25, -0.2) is 0 Å². The standard InChI is InChI=1S/C24H26N4O6.C23H24N4O6/c1-2-33-19(29)11-14-4-3-5-17(10-14)28-8-9-34-21(24(28)32)20(30)23(31)27-16-6-7-18-15(12-16)13-26-22(18)25;1-32-18(28)10-13-3-2-4-16(9-13)27-7-8-33-20(23(27)31)19(29)22(30)26-15-5-6-17-14(11-15)12-25-21(17)24/h3-7,10,12,20-21,30H,2,8-9,11,13H2,1H3,(H2,25,26)(H,27,31);2-6,9,11,19-20,29H,7-8,10,12H2,1H3,(H2,24,25)(H,26,30)/t20-,21-;19-,20-/m11/s1. The average Bonchev–Trinajstić information content (AvgIpc) is 3.89. The van der Waals surface area contributed by atoms with Crippen LogP contribution in [0.1, 0.15) is 40.3 Å². The van der Waals surface area contributed by atoms with E-state index >= 15 is 0 Å². The van der Waals surface area contributed by atoms with Gasteiger partial charge in [0, 0.05) is 47.0 Å². The number of amides is 4. The monoisotopic (exact) mass is 918 g/mol. The maximum Gasteiger partial charge on any atom is 0.310 e. The molecule has 0 bridgehead atoms. The van der Waals surface area contributed by atoms with Crippen LogP contribution in [0.15, 0.2) is 94.9 Å². The minimum absolute atomic E-state index is 0.0643. The molecule has 4 atom stereocenters. The largest absolute Gasteiger partial charge is 0.469 e. The van der Waals surface area contributed by atoms with Crippen molar-refractivity contribution in [1.29, 1.82) is 0 Å². The molecule has 2 fully saturated rings. The summed E-state index contributed by atoms with van der Waals surface area (Å²) in [6.07, 6.45) is -6.02. The summed E-state index contributed by atoms with van der Waals surface area (Å²) in [4.78, 5) is 86.0. The fraction of sp³-hybridized carbons (Fsp3) is 0.319. The number of rotatable bonds is 13. The van der Waals surface area contributed by atoms with Crippen molar-refractivity contribution in [3.8, 4) is 0 Å². The number of carbonyl (C=O) groups excluding carboxylic acids is 6. The number of nitrogens with zero attached hydrogens (tertiary/aromatic N) is 4. The third kappa shape index (κ3) is 11.1. The van der Waals surface area contributed by atoms with Crippen LogP contribution in [-0.4, -0.2) is 122 Å². The summed E-state index contributed by atoms with van der Waals surface area (Å²) in [5.74, 6) is -2.48. The molecule has 2 saturated heterocycles. The van der Waals surface area contributed by atoms with Crippen LogP contribution in [0.5, 0.6) is 0 Å². The number of aliphatic hydroxyl groups excluding tert-OH is 2. The van der Waals surface area contributed by atoms with Gasteiger partial charge in [-0.05, 0) is 89.8 Å². The molecule has 0 unspecified atom stereocenters. The fourth-order valence-corrected chi connectivity index (χ4v) is 7.79. The number of nitrogens with two attached hydrogens (primary N) is 2. The maximum atomic E-state index is 13.1. The Labute approximate surface area is 384 Å². The van der Waals surface area contributed by atoms with E-state index in [1.807, 2.05) is 0 Å². The number of ether oxygens (including phenoxy) is 4. The van der Waals surface area contributed by atoms with E-state index in [9.17, 15) is 39.0 Å². The quantitative estimate of drug-likeness (QED) is 0.103. The molecule has 0 aromatic heterocycles. The number of benzene rings is 4. The normalized spacial score (nSPS) is 18.3. The number of hydrogen-bond acceptors (Lipinski definition) is 16. The number of fused-ring (bicyclic) bond motifs is 2. The summed E-state index contributed by atoms with van der Waals surface area (Å²) >= 11 is 0. The Balaban J connectivity index is 0.000000199. The number of anilines is 4. The summed E-state index contributed by atoms with van der Waals surface area (Å²) < 4.78 is 20.6. The van der Waals surface area contributed by atoms with Gasteiger partial charge in [-0.3, -0.25) is 38.8 Å². The van der Waals surface area contributed by atoms with E-state index in [1.54, 1.807) is 91.9 Å². The molecule has 0 radical (unpaired) electrons. The zero-order valence-electron chi connectivity index (χ0n) is 36.7. The summed E-state index contributed by atoms with van der Waals surface area (Å²) in [6, 6.07) is 24.1. The summed E-state index contributed by atoms with van der Waals surface area (Å²) in [6.45, 7) is 3.63. The van der Waals surface area contributed by atoms with Crippen molar-refractivity contribution in [1.82, 2.24) is 0 Å². The van der Waals surface area contributed by atoms with E-state index in [4.69, 9.17) is 25.7 Å². The average molecular weight is 919 g/mol. The minimum Gasteiger partial charge on any atom is -0.469 e. The van der Waals surface area contributed by atoms with Crippen molar-refractivity contribution in [3.63, 3.8) is 0 Å². The molecule has 4 aliphatic heterocycles. The third-order valence-electron chi connectivity index (χ3n) is 11.2. The fourth-order valence-electron chi connectivity index (χ4n) is 7.79. The molecule has 8 rings (SSSR count). The van der Waals surface area contributed by atoms with E-state index in [2.05, 4.69) is 25.4 Å². The highest BCUT2D eigenvalue weighted by Crippen LogP contribution is 2.27. The summed E-state index contributed by atoms with van der Waals surface area (Å²) in [5.41, 5.74) is 18.3. The summed E-state index contributed by atoms with van der Waals surface area (Å²) in [7, 11) is 1.31. The second-order valence-electron chi connectivity index (χ2n) is 15.7. The van der Waals surface area contributed by atoms with Gasteiger partial charge in [0.05, 0.1) is 52.9 Å². The highest BCUT2D eigenvalue weighted by atomic mass is 16.5. The zero-order valence-corrected chi connectivity index (χ0v) is 36.7. The molecule has 67 heavy (non-hydrogen) atoms. The molecule has 0 spiro atoms. The number of carbonyl (C=O) groups is 6. The Morgan fingerprint density at radius 2 is 1.15 bits per heavy atom. The number of aliphatic imine (C=N–C) groups is 2. The molecule has 350 valence electrons. The zero-order chi connectivity index (χ0) is 47.8. The first-order valence-electron chi connectivity index (χ1n) is 21.3. The Bertz CT molecular complexity index is 2640. The van der Waals surface area contributed by atoms with Crippen LogP contribution in [-0.2, 0) is 73.6 Å². The maximum absolute atomic E-state index is 13.1. The molecule has 20 heteroatoms. The first kappa shape index (κ1) is 47.4. The molecule has 0 aliphatic carbocycles. The molecule has 4 aliphatic rings. The van der Waals surface area contributed by atoms with E-state index in [0.717, 1.165) is 22.3 Å². The van der Waals surface area contributed by atoms with Crippen LogP contribution in [0, 0.1) is 0 Å². The van der Waals surface area contributed by atoms with Crippen molar-refractivity contribution >= 4 is 70.0 Å². The second kappa shape index (κ2) is 21.2. The number of methoxy groups -OCH3 is 1. The molecule has 8 N–H and O–H groups in total. The van der Waals surface area contributed by atoms with E-state index < -0.39 is 54.0 Å². The number of hydrogen-bond donors (Lipinski definition) is 6. The molecule has 4 aromatic rings. The van der Waals surface area contributed by atoms with Crippen molar-refractivity contribution in [2.45, 2.75) is 57.3 Å². The lowest BCUT2D eigenvalue weighted by molar-refractivity contribution is -0.150. The lowest BCUT2D eigenvalue weighted by atomic mass is 10.1. The van der Waals surface area contributed by atoms with Gasteiger partial charge in [0.2, 0.25) is 0 Å². The van der Waals surface area contributed by atoms with Crippen LogP contribution in [0.4, 0.5) is 22.7 Å². The molecule has 20 nitrogen and oxygen atoms in total. The van der Waals surface area contributed by atoms with Crippen molar-refractivity contribution in [3.05, 3.63) is 118 Å². The number of amidine groups is 2. The van der Waals surface area contributed by atoms with Gasteiger partial charge in [0.25, 0.3) is 23.6 Å². The van der Waals surface area contributed by atoms with Gasteiger partial charge >= 0.3 is 11.9 Å². The number of aliphatic hydroxyl groups is 2. The van der Waals surface area contributed by atoms with Gasteiger partial charge in [-0.1, -0.05) is 24.3 Å². The molecule has 4 heterocycles. The summed E-state index contributed by atoms with van der Waals surface area (Å²) in [5, 5.41) is 26.4. The van der Waals surface area contributed by atoms with Gasteiger partial charge in [-0.15, -0.1) is 0 Å². The lowest BCUT2D eigenvalue weighted by Crippen LogP contribution is -2.55. The van der Waals surface area contributed by atoms with Crippen molar-refractivity contribution in [2.24, 2.45) is 21.5 Å². The van der Waals surface area contributed by atoms with Crippen LogP contribution in [0.25, 0.3) is 0 Å². The Hall–Kier alpha value is -7.52. The predicted molar refractivity (Wildman–Crippen MR) is 244 cm³/mol. The first-order valence-corrected chi connectivity index (χ1v) is 21.3. The SMILES string of the molecule is CCOC(=O)Cc1cccc(N2CCO[C@H]([C@@H](O)C(=O)Nc3ccc4c(c3)CN=C4N)C2=O)c1.COC(=O)Cc1cccc(N2CCO[C@H]([C@@H](O)C(=O)Nc3ccc4c(c3)CN=C4N)C2=O)c1. The second-order valence-corrected chi connectivity index (χ2v) is 15.7. The van der Waals surface area contributed by atoms with E-state index in [1.165, 1.54) is 16.9 Å². The van der Waals surface area contributed by atoms with Crippen LogP contribution in [0.2, 0.25) is 0 Å². The Morgan fingerprint density at radius 3 is 1.58 bits per heavy atom. The molecular formula is C47H50N8O12. The van der Waals surface area contributed by atoms with Crippen molar-refractivity contribution in [2.75, 3.05) is 60.5 Å². The van der Waals surface area contributed by atoms with E-state index in [-0.39, 0.29) is 51.7 Å².